The number of ether oxygens (including phenoxy) is 1. The predicted octanol–water partition coefficient (Wildman–Crippen LogP) is 3.07. The predicted molar refractivity (Wildman–Crippen MR) is 97.3 cm³/mol. The molecule has 0 N–H and O–H groups in total. The van der Waals surface area contributed by atoms with Gasteiger partial charge in [-0.1, -0.05) is 17.7 Å². The lowest BCUT2D eigenvalue weighted by molar-refractivity contribution is -0.386. The summed E-state index contributed by atoms with van der Waals surface area (Å²) in [5.41, 5.74) is 2.28. The number of carbonyl (C=O) groups is 1. The van der Waals surface area contributed by atoms with E-state index in [4.69, 9.17) is 9.15 Å². The van der Waals surface area contributed by atoms with Gasteiger partial charge in [0.15, 0.2) is 6.10 Å². The van der Waals surface area contributed by atoms with Gasteiger partial charge in [-0.25, -0.2) is 0 Å². The molecule has 1 atom stereocenters. The van der Waals surface area contributed by atoms with Crippen molar-refractivity contribution in [2.75, 3.05) is 0 Å². The lowest BCUT2D eigenvalue weighted by atomic mass is 10.1. The highest BCUT2D eigenvalue weighted by atomic mass is 16.6. The first-order chi connectivity index (χ1) is 13.3. The third-order valence-electron chi connectivity index (χ3n) is 4.20. The maximum atomic E-state index is 12.2. The molecular formula is C18H19N5O5. The summed E-state index contributed by atoms with van der Waals surface area (Å²) in [6, 6.07) is 7.57. The molecule has 28 heavy (non-hydrogen) atoms. The van der Waals surface area contributed by atoms with Crippen LogP contribution in [0, 0.1) is 30.9 Å². The Morgan fingerprint density at radius 3 is 2.54 bits per heavy atom. The monoisotopic (exact) mass is 385 g/mol. The zero-order chi connectivity index (χ0) is 20.4. The topological polar surface area (TPSA) is 126 Å². The molecule has 0 aliphatic carbocycles. The van der Waals surface area contributed by atoms with Crippen molar-refractivity contribution in [1.29, 1.82) is 0 Å². The van der Waals surface area contributed by atoms with Gasteiger partial charge in [0.25, 0.3) is 5.89 Å². The normalized spacial score (nSPS) is 12.0. The molecular weight excluding hydrogens is 366 g/mol. The molecule has 0 aliphatic rings. The molecule has 0 bridgehead atoms. The van der Waals surface area contributed by atoms with Crippen molar-refractivity contribution in [3.05, 3.63) is 57.2 Å². The Labute approximate surface area is 160 Å². The quantitative estimate of drug-likeness (QED) is 0.360. The molecule has 0 saturated carbocycles. The number of rotatable bonds is 6. The van der Waals surface area contributed by atoms with Gasteiger partial charge in [0.05, 0.1) is 4.92 Å². The molecule has 0 unspecified atom stereocenters. The molecule has 0 spiro atoms. The first-order valence-electron chi connectivity index (χ1n) is 8.54. The van der Waals surface area contributed by atoms with Crippen LogP contribution in [0.2, 0.25) is 0 Å². The van der Waals surface area contributed by atoms with Crippen LogP contribution in [0.25, 0.3) is 11.5 Å². The standard InChI is InChI=1S/C18H19N5O5/c1-10-5-7-14(8-6-10)18-20-19-17(28-18)13(4)27-15(24)9-22-12(3)16(23(25)26)11(2)21-22/h5-8,13H,9H2,1-4H3/t13-/m0/s1. The highest BCUT2D eigenvalue weighted by Crippen LogP contribution is 2.24. The SMILES string of the molecule is Cc1ccc(-c2nnc([C@H](C)OC(=O)Cn3nc(C)c([N+](=O)[O-])c3C)o2)cc1. The van der Waals surface area contributed by atoms with Crippen molar-refractivity contribution >= 4 is 11.7 Å². The summed E-state index contributed by atoms with van der Waals surface area (Å²) >= 11 is 0. The van der Waals surface area contributed by atoms with Crippen molar-refractivity contribution in [3.8, 4) is 11.5 Å². The molecule has 0 radical (unpaired) electrons. The lowest BCUT2D eigenvalue weighted by Gasteiger charge is -2.10. The highest BCUT2D eigenvalue weighted by molar-refractivity contribution is 5.69. The minimum absolute atomic E-state index is 0.111. The fourth-order valence-electron chi connectivity index (χ4n) is 2.72. The van der Waals surface area contributed by atoms with Crippen LogP contribution in [0.4, 0.5) is 5.69 Å². The summed E-state index contributed by atoms with van der Waals surface area (Å²) in [5.74, 6) is -0.140. The molecule has 2 heterocycles. The maximum absolute atomic E-state index is 12.2. The third-order valence-corrected chi connectivity index (χ3v) is 4.20. The molecule has 10 nitrogen and oxygen atoms in total. The van der Waals surface area contributed by atoms with Crippen LogP contribution in [0.5, 0.6) is 0 Å². The number of nitrogens with zero attached hydrogens (tertiary/aromatic N) is 5. The number of aromatic nitrogens is 4. The maximum Gasteiger partial charge on any atom is 0.328 e. The van der Waals surface area contributed by atoms with Crippen LogP contribution in [0.3, 0.4) is 0 Å². The molecule has 3 aromatic rings. The molecule has 1 aromatic carbocycles. The summed E-state index contributed by atoms with van der Waals surface area (Å²) in [5, 5.41) is 23.0. The summed E-state index contributed by atoms with van der Waals surface area (Å²) in [6.45, 7) is 6.36. The van der Waals surface area contributed by atoms with Crippen molar-refractivity contribution in [3.63, 3.8) is 0 Å². The summed E-state index contributed by atoms with van der Waals surface area (Å²) in [7, 11) is 0. The Hall–Kier alpha value is -3.56. The average molecular weight is 385 g/mol. The second-order valence-corrected chi connectivity index (χ2v) is 6.38. The van der Waals surface area contributed by atoms with E-state index in [0.29, 0.717) is 5.89 Å². The fraction of sp³-hybridized carbons (Fsp3) is 0.333. The fourth-order valence-corrected chi connectivity index (χ4v) is 2.72. The second-order valence-electron chi connectivity index (χ2n) is 6.38. The first-order valence-corrected chi connectivity index (χ1v) is 8.54. The van der Waals surface area contributed by atoms with E-state index in [1.807, 2.05) is 31.2 Å². The van der Waals surface area contributed by atoms with E-state index in [9.17, 15) is 14.9 Å². The van der Waals surface area contributed by atoms with Gasteiger partial charge in [0.2, 0.25) is 5.89 Å². The molecule has 0 saturated heterocycles. The Morgan fingerprint density at radius 2 is 1.93 bits per heavy atom. The van der Waals surface area contributed by atoms with Crippen molar-refractivity contribution < 1.29 is 18.9 Å². The summed E-state index contributed by atoms with van der Waals surface area (Å²) in [4.78, 5) is 22.7. The van der Waals surface area contributed by atoms with E-state index in [1.165, 1.54) is 18.5 Å². The van der Waals surface area contributed by atoms with Gasteiger partial charge in [-0.2, -0.15) is 5.10 Å². The van der Waals surface area contributed by atoms with Gasteiger partial charge in [0.1, 0.15) is 17.9 Å². The van der Waals surface area contributed by atoms with Crippen LogP contribution in [-0.2, 0) is 16.1 Å². The Balaban J connectivity index is 1.67. The zero-order valence-corrected chi connectivity index (χ0v) is 15.9. The number of nitro groups is 1. The zero-order valence-electron chi connectivity index (χ0n) is 15.9. The second kappa shape index (κ2) is 7.59. The van der Waals surface area contributed by atoms with Gasteiger partial charge in [-0.05, 0) is 39.8 Å². The third kappa shape index (κ3) is 3.90. The van der Waals surface area contributed by atoms with Crippen LogP contribution in [0.1, 0.15) is 35.9 Å². The average Bonchev–Trinajstić information content (AvgIpc) is 3.21. The molecule has 10 heteroatoms. The van der Waals surface area contributed by atoms with Gasteiger partial charge in [-0.3, -0.25) is 19.6 Å². The lowest BCUT2D eigenvalue weighted by Crippen LogP contribution is -2.17. The number of benzene rings is 1. The van der Waals surface area contributed by atoms with Crippen LogP contribution in [-0.4, -0.2) is 30.9 Å². The molecule has 2 aromatic heterocycles. The smallest absolute Gasteiger partial charge is 0.328 e. The Morgan fingerprint density at radius 1 is 1.25 bits per heavy atom. The largest absolute Gasteiger partial charge is 0.451 e. The van der Waals surface area contributed by atoms with E-state index in [1.54, 1.807) is 6.92 Å². The number of aryl methyl sites for hydroxylation is 2. The van der Waals surface area contributed by atoms with Crippen LogP contribution < -0.4 is 0 Å². The van der Waals surface area contributed by atoms with Gasteiger partial charge in [0, 0.05) is 5.56 Å². The van der Waals surface area contributed by atoms with Crippen molar-refractivity contribution in [1.82, 2.24) is 20.0 Å². The van der Waals surface area contributed by atoms with E-state index in [-0.39, 0.29) is 29.5 Å². The van der Waals surface area contributed by atoms with Gasteiger partial charge >= 0.3 is 11.7 Å². The number of carbonyl (C=O) groups excluding carboxylic acids is 1. The Kier molecular flexibility index (Phi) is 5.21. The van der Waals surface area contributed by atoms with Crippen LogP contribution >= 0.6 is 0 Å². The summed E-state index contributed by atoms with van der Waals surface area (Å²) in [6.07, 6.45) is -0.772. The molecule has 0 fully saturated rings. The molecule has 3 rings (SSSR count). The number of esters is 1. The molecule has 0 aliphatic heterocycles. The number of hydrogen-bond donors (Lipinski definition) is 0. The highest BCUT2D eigenvalue weighted by Gasteiger charge is 2.24. The first kappa shape index (κ1) is 19.2. The van der Waals surface area contributed by atoms with Crippen LogP contribution in [0.15, 0.2) is 28.7 Å². The summed E-state index contributed by atoms with van der Waals surface area (Å²) < 4.78 is 12.1. The number of hydrogen-bond acceptors (Lipinski definition) is 8. The van der Waals surface area contributed by atoms with E-state index >= 15 is 0 Å². The minimum Gasteiger partial charge on any atom is -0.451 e. The molecule has 146 valence electrons. The minimum atomic E-state index is -0.772. The van der Waals surface area contributed by atoms with E-state index < -0.39 is 17.0 Å². The Bertz CT molecular complexity index is 1020. The van der Waals surface area contributed by atoms with Crippen molar-refractivity contribution in [2.45, 2.75) is 40.3 Å². The van der Waals surface area contributed by atoms with E-state index in [0.717, 1.165) is 11.1 Å². The van der Waals surface area contributed by atoms with E-state index in [2.05, 4.69) is 15.3 Å². The van der Waals surface area contributed by atoms with Crippen molar-refractivity contribution in [2.24, 2.45) is 0 Å². The molecule has 0 amide bonds. The van der Waals surface area contributed by atoms with Gasteiger partial charge < -0.3 is 9.15 Å². The van der Waals surface area contributed by atoms with Gasteiger partial charge in [-0.15, -0.1) is 10.2 Å².